The van der Waals surface area contributed by atoms with E-state index in [9.17, 15) is 4.39 Å². The fraction of sp³-hybridized carbons (Fsp3) is 0.143. The van der Waals surface area contributed by atoms with Crippen molar-refractivity contribution in [2.45, 2.75) is 17.3 Å². The van der Waals surface area contributed by atoms with Crippen LogP contribution in [0.3, 0.4) is 0 Å². The van der Waals surface area contributed by atoms with Crippen LogP contribution >= 0.6 is 27.7 Å². The highest BCUT2D eigenvalue weighted by molar-refractivity contribution is 9.10. The van der Waals surface area contributed by atoms with Crippen molar-refractivity contribution in [2.75, 3.05) is 0 Å². The molecule has 0 aromatic heterocycles. The zero-order chi connectivity index (χ0) is 13.0. The molecule has 0 bridgehead atoms. The Kier molecular flexibility index (Phi) is 4.80. The Morgan fingerprint density at radius 3 is 2.78 bits per heavy atom. The van der Waals surface area contributed by atoms with Gasteiger partial charge >= 0.3 is 0 Å². The van der Waals surface area contributed by atoms with Crippen molar-refractivity contribution in [3.05, 3.63) is 63.9 Å². The van der Waals surface area contributed by atoms with Gasteiger partial charge < -0.3 is 5.11 Å². The third-order valence-electron chi connectivity index (χ3n) is 2.48. The van der Waals surface area contributed by atoms with E-state index in [1.807, 2.05) is 24.3 Å². The molecule has 0 saturated carbocycles. The van der Waals surface area contributed by atoms with Gasteiger partial charge in [-0.3, -0.25) is 0 Å². The largest absolute Gasteiger partial charge is 0.392 e. The molecule has 0 aliphatic carbocycles. The highest BCUT2D eigenvalue weighted by Gasteiger charge is 2.04. The number of hydrogen-bond acceptors (Lipinski definition) is 2. The first-order chi connectivity index (χ1) is 8.69. The molecule has 0 atom stereocenters. The van der Waals surface area contributed by atoms with Gasteiger partial charge in [-0.25, -0.2) is 4.39 Å². The summed E-state index contributed by atoms with van der Waals surface area (Å²) in [5.41, 5.74) is 1.54. The van der Waals surface area contributed by atoms with E-state index < -0.39 is 0 Å². The minimum atomic E-state index is -0.191. The maximum absolute atomic E-state index is 13.5. The van der Waals surface area contributed by atoms with Crippen LogP contribution in [0, 0.1) is 5.82 Å². The molecule has 0 amide bonds. The van der Waals surface area contributed by atoms with E-state index in [4.69, 9.17) is 5.11 Å². The molecule has 0 saturated heterocycles. The van der Waals surface area contributed by atoms with Crippen molar-refractivity contribution in [3.8, 4) is 0 Å². The minimum Gasteiger partial charge on any atom is -0.392 e. The summed E-state index contributed by atoms with van der Waals surface area (Å²) >= 11 is 4.89. The summed E-state index contributed by atoms with van der Waals surface area (Å²) in [5.74, 6) is 0.379. The second-order valence-electron chi connectivity index (χ2n) is 3.83. The number of halogens is 2. The predicted molar refractivity (Wildman–Crippen MR) is 76.0 cm³/mol. The predicted octanol–water partition coefficient (Wildman–Crippen LogP) is 4.37. The smallest absolute Gasteiger partial charge is 0.127 e. The van der Waals surface area contributed by atoms with Crippen LogP contribution in [0.4, 0.5) is 4.39 Å². The molecule has 18 heavy (non-hydrogen) atoms. The zero-order valence-electron chi connectivity index (χ0n) is 9.57. The summed E-state index contributed by atoms with van der Waals surface area (Å²) in [7, 11) is 0. The first-order valence-corrected chi connectivity index (χ1v) is 7.23. The van der Waals surface area contributed by atoms with Crippen molar-refractivity contribution in [3.63, 3.8) is 0 Å². The van der Waals surface area contributed by atoms with Crippen molar-refractivity contribution in [1.82, 2.24) is 0 Å². The van der Waals surface area contributed by atoms with Crippen LogP contribution in [0.15, 0.2) is 51.8 Å². The molecule has 2 rings (SSSR count). The standard InChI is InChI=1S/C14H12BrFOS/c15-12-4-5-14(16)11(7-12)9-18-13-3-1-2-10(6-13)8-17/h1-7,17H,8-9H2. The molecular weight excluding hydrogens is 315 g/mol. The van der Waals surface area contributed by atoms with Crippen LogP contribution in [0.1, 0.15) is 11.1 Å². The first-order valence-electron chi connectivity index (χ1n) is 5.45. The molecule has 2 aromatic rings. The summed E-state index contributed by atoms with van der Waals surface area (Å²) in [6.07, 6.45) is 0. The topological polar surface area (TPSA) is 20.2 Å². The molecule has 0 aliphatic heterocycles. The average molecular weight is 327 g/mol. The lowest BCUT2D eigenvalue weighted by atomic mass is 10.2. The molecule has 94 valence electrons. The number of aliphatic hydroxyl groups excluding tert-OH is 1. The summed E-state index contributed by atoms with van der Waals surface area (Å²) in [5, 5.41) is 9.05. The fourth-order valence-corrected chi connectivity index (χ4v) is 2.91. The normalized spacial score (nSPS) is 10.6. The quantitative estimate of drug-likeness (QED) is 0.842. The van der Waals surface area contributed by atoms with Gasteiger partial charge in [0.25, 0.3) is 0 Å². The van der Waals surface area contributed by atoms with E-state index in [1.165, 1.54) is 6.07 Å². The lowest BCUT2D eigenvalue weighted by Crippen LogP contribution is -1.88. The van der Waals surface area contributed by atoms with Gasteiger partial charge in [0.05, 0.1) is 6.61 Å². The maximum atomic E-state index is 13.5. The van der Waals surface area contributed by atoms with Gasteiger partial charge in [0, 0.05) is 15.1 Å². The van der Waals surface area contributed by atoms with Crippen molar-refractivity contribution < 1.29 is 9.50 Å². The lowest BCUT2D eigenvalue weighted by Gasteiger charge is -2.05. The average Bonchev–Trinajstić information content (AvgIpc) is 2.40. The van der Waals surface area contributed by atoms with Crippen LogP contribution in [-0.4, -0.2) is 5.11 Å². The molecular formula is C14H12BrFOS. The first kappa shape index (κ1) is 13.6. The van der Waals surface area contributed by atoms with Crippen molar-refractivity contribution in [1.29, 1.82) is 0 Å². The van der Waals surface area contributed by atoms with Gasteiger partial charge in [0.1, 0.15) is 5.82 Å². The fourth-order valence-electron chi connectivity index (χ4n) is 1.55. The summed E-state index contributed by atoms with van der Waals surface area (Å²) in [4.78, 5) is 1.03. The molecule has 0 fully saturated rings. The third kappa shape index (κ3) is 3.57. The molecule has 2 aromatic carbocycles. The number of rotatable bonds is 4. The number of aliphatic hydroxyl groups is 1. The number of thioether (sulfide) groups is 1. The Morgan fingerprint density at radius 1 is 1.17 bits per heavy atom. The SMILES string of the molecule is OCc1cccc(SCc2cc(Br)ccc2F)c1. The van der Waals surface area contributed by atoms with Gasteiger partial charge in [-0.05, 0) is 41.5 Å². The Balaban J connectivity index is 2.08. The van der Waals surface area contributed by atoms with E-state index in [0.29, 0.717) is 11.3 Å². The molecule has 0 unspecified atom stereocenters. The molecule has 0 radical (unpaired) electrons. The van der Waals surface area contributed by atoms with Crippen LogP contribution < -0.4 is 0 Å². The summed E-state index contributed by atoms with van der Waals surface area (Å²) < 4.78 is 14.4. The molecule has 0 heterocycles. The van der Waals surface area contributed by atoms with Crippen LogP contribution in [0.2, 0.25) is 0 Å². The molecule has 0 aliphatic rings. The Bertz CT molecular complexity index is 545. The molecule has 4 heteroatoms. The van der Waals surface area contributed by atoms with Gasteiger partial charge in [-0.1, -0.05) is 28.1 Å². The van der Waals surface area contributed by atoms with Gasteiger partial charge in [0.2, 0.25) is 0 Å². The highest BCUT2D eigenvalue weighted by Crippen LogP contribution is 2.26. The molecule has 1 nitrogen and oxygen atoms in total. The van der Waals surface area contributed by atoms with E-state index >= 15 is 0 Å². The second-order valence-corrected chi connectivity index (χ2v) is 5.79. The van der Waals surface area contributed by atoms with Crippen molar-refractivity contribution >= 4 is 27.7 Å². The lowest BCUT2D eigenvalue weighted by molar-refractivity contribution is 0.281. The molecule has 1 N–H and O–H groups in total. The molecule has 0 spiro atoms. The van der Waals surface area contributed by atoms with Crippen LogP contribution in [0.25, 0.3) is 0 Å². The van der Waals surface area contributed by atoms with Gasteiger partial charge in [0.15, 0.2) is 0 Å². The van der Waals surface area contributed by atoms with Crippen LogP contribution in [-0.2, 0) is 12.4 Å². The van der Waals surface area contributed by atoms with E-state index in [1.54, 1.807) is 23.9 Å². The Labute approximate surface area is 118 Å². The minimum absolute atomic E-state index is 0.0274. The van der Waals surface area contributed by atoms with E-state index in [2.05, 4.69) is 15.9 Å². The van der Waals surface area contributed by atoms with E-state index in [-0.39, 0.29) is 12.4 Å². The zero-order valence-corrected chi connectivity index (χ0v) is 12.0. The Hall–Kier alpha value is -0.840. The van der Waals surface area contributed by atoms with E-state index in [0.717, 1.165) is 14.9 Å². The summed E-state index contributed by atoms with van der Waals surface area (Å²) in [6, 6.07) is 12.6. The van der Waals surface area contributed by atoms with Crippen LogP contribution in [0.5, 0.6) is 0 Å². The van der Waals surface area contributed by atoms with Gasteiger partial charge in [-0.15, -0.1) is 11.8 Å². The second kappa shape index (κ2) is 6.36. The summed E-state index contributed by atoms with van der Waals surface area (Å²) in [6.45, 7) is 0.0274. The Morgan fingerprint density at radius 2 is 2.00 bits per heavy atom. The highest BCUT2D eigenvalue weighted by atomic mass is 79.9. The third-order valence-corrected chi connectivity index (χ3v) is 4.02. The number of hydrogen-bond donors (Lipinski definition) is 1. The number of benzene rings is 2. The van der Waals surface area contributed by atoms with Crippen molar-refractivity contribution in [2.24, 2.45) is 0 Å². The maximum Gasteiger partial charge on any atom is 0.127 e. The monoisotopic (exact) mass is 326 g/mol. The van der Waals surface area contributed by atoms with Gasteiger partial charge in [-0.2, -0.15) is 0 Å².